The molecule has 1 rings (SSSR count). The fraction of sp³-hybridized carbons (Fsp3) is 0.357. The summed E-state index contributed by atoms with van der Waals surface area (Å²) in [6, 6.07) is 7.16. The van der Waals surface area contributed by atoms with Crippen LogP contribution in [0, 0.1) is 17.3 Å². The van der Waals surface area contributed by atoms with Gasteiger partial charge in [0.05, 0.1) is 6.61 Å². The quantitative estimate of drug-likeness (QED) is 0.608. The lowest BCUT2D eigenvalue weighted by molar-refractivity contribution is 0.101. The number of ketones is 1. The molecule has 0 aliphatic carbocycles. The van der Waals surface area contributed by atoms with Crippen molar-refractivity contribution >= 4 is 5.78 Å². The molecule has 0 unspecified atom stereocenters. The predicted molar refractivity (Wildman–Crippen MR) is 64.2 cm³/mol. The van der Waals surface area contributed by atoms with Crippen molar-refractivity contribution in [1.29, 1.82) is 0 Å². The van der Waals surface area contributed by atoms with E-state index in [1.165, 1.54) is 6.92 Å². The molecule has 0 amide bonds. The van der Waals surface area contributed by atoms with Crippen LogP contribution >= 0.6 is 0 Å². The lowest BCUT2D eigenvalue weighted by Gasteiger charge is -2.11. The van der Waals surface area contributed by atoms with Crippen LogP contribution in [0.25, 0.3) is 0 Å². The van der Waals surface area contributed by atoms with Crippen LogP contribution in [-0.2, 0) is 0 Å². The minimum atomic E-state index is -0.390. The van der Waals surface area contributed by atoms with Gasteiger partial charge in [0, 0.05) is 16.5 Å². The minimum absolute atomic E-state index is 0.0333. The Hall–Kier alpha value is -1.59. The highest BCUT2D eigenvalue weighted by Gasteiger charge is 2.11. The molecule has 0 saturated heterocycles. The van der Waals surface area contributed by atoms with Gasteiger partial charge in [0.1, 0.15) is 0 Å². The number of aliphatic hydroxyl groups excluding tert-OH is 1. The van der Waals surface area contributed by atoms with Crippen LogP contribution in [0.15, 0.2) is 24.3 Å². The van der Waals surface area contributed by atoms with E-state index in [0.29, 0.717) is 5.56 Å². The van der Waals surface area contributed by atoms with E-state index in [1.807, 2.05) is 26.0 Å². The maximum Gasteiger partial charge on any atom is 0.159 e. The molecule has 1 aromatic carbocycles. The van der Waals surface area contributed by atoms with Crippen molar-refractivity contribution in [2.75, 3.05) is 6.61 Å². The van der Waals surface area contributed by atoms with Gasteiger partial charge in [0.25, 0.3) is 0 Å². The summed E-state index contributed by atoms with van der Waals surface area (Å²) in [6.07, 6.45) is 0. The van der Waals surface area contributed by atoms with Crippen LogP contribution in [0.4, 0.5) is 0 Å². The zero-order chi connectivity index (χ0) is 12.2. The average Bonchev–Trinajstić information content (AvgIpc) is 2.27. The van der Waals surface area contributed by atoms with Gasteiger partial charge in [-0.3, -0.25) is 4.79 Å². The van der Waals surface area contributed by atoms with Gasteiger partial charge in [-0.25, -0.2) is 0 Å². The van der Waals surface area contributed by atoms with Crippen molar-refractivity contribution in [2.24, 2.45) is 5.41 Å². The van der Waals surface area contributed by atoms with Crippen molar-refractivity contribution in [2.45, 2.75) is 20.8 Å². The lowest BCUT2D eigenvalue weighted by Crippen LogP contribution is -2.13. The third-order valence-corrected chi connectivity index (χ3v) is 2.23. The maximum atomic E-state index is 11.1. The van der Waals surface area contributed by atoms with Gasteiger partial charge in [0.2, 0.25) is 0 Å². The predicted octanol–water partition coefficient (Wildman–Crippen LogP) is 2.26. The standard InChI is InChI=1S/C14H16O2/c1-11(16)13-6-4-12(5-7-13)8-9-14(2,3)10-15/h4-7,15H,10H2,1-3H3. The molecule has 0 aromatic heterocycles. The van der Waals surface area contributed by atoms with Crippen molar-refractivity contribution in [3.63, 3.8) is 0 Å². The van der Waals surface area contributed by atoms with E-state index in [0.717, 1.165) is 5.56 Å². The van der Waals surface area contributed by atoms with E-state index in [9.17, 15) is 4.79 Å². The molecule has 0 spiro atoms. The van der Waals surface area contributed by atoms with Crippen molar-refractivity contribution < 1.29 is 9.90 Å². The molecule has 0 bridgehead atoms. The van der Waals surface area contributed by atoms with Gasteiger partial charge in [-0.2, -0.15) is 0 Å². The van der Waals surface area contributed by atoms with Crippen LogP contribution in [-0.4, -0.2) is 17.5 Å². The minimum Gasteiger partial charge on any atom is -0.395 e. The van der Waals surface area contributed by atoms with E-state index >= 15 is 0 Å². The molecule has 1 aromatic rings. The molecule has 0 aliphatic rings. The average molecular weight is 216 g/mol. The van der Waals surface area contributed by atoms with Gasteiger partial charge in [-0.1, -0.05) is 24.0 Å². The zero-order valence-corrected chi connectivity index (χ0v) is 9.87. The van der Waals surface area contributed by atoms with Gasteiger partial charge in [-0.15, -0.1) is 0 Å². The van der Waals surface area contributed by atoms with Crippen LogP contribution < -0.4 is 0 Å². The topological polar surface area (TPSA) is 37.3 Å². The fourth-order valence-electron chi connectivity index (χ4n) is 1.07. The van der Waals surface area contributed by atoms with E-state index in [1.54, 1.807) is 12.1 Å². The Morgan fingerprint density at radius 3 is 2.31 bits per heavy atom. The van der Waals surface area contributed by atoms with Gasteiger partial charge in [-0.05, 0) is 32.9 Å². The third-order valence-electron chi connectivity index (χ3n) is 2.23. The van der Waals surface area contributed by atoms with Crippen molar-refractivity contribution in [3.05, 3.63) is 35.4 Å². The summed E-state index contributed by atoms with van der Waals surface area (Å²) in [4.78, 5) is 11.1. The zero-order valence-electron chi connectivity index (χ0n) is 9.87. The molecule has 2 nitrogen and oxygen atoms in total. The molecule has 84 valence electrons. The highest BCUT2D eigenvalue weighted by atomic mass is 16.3. The van der Waals surface area contributed by atoms with E-state index in [2.05, 4.69) is 11.8 Å². The maximum absolute atomic E-state index is 11.1. The third kappa shape index (κ3) is 3.52. The van der Waals surface area contributed by atoms with E-state index in [-0.39, 0.29) is 17.8 Å². The summed E-state index contributed by atoms with van der Waals surface area (Å²) < 4.78 is 0. The van der Waals surface area contributed by atoms with Crippen LogP contribution in [0.3, 0.4) is 0 Å². The molecular formula is C14H16O2. The smallest absolute Gasteiger partial charge is 0.159 e. The molecule has 0 saturated carbocycles. The first-order valence-corrected chi connectivity index (χ1v) is 5.20. The molecule has 0 atom stereocenters. The first-order valence-electron chi connectivity index (χ1n) is 5.20. The Labute approximate surface area is 96.3 Å². The second-order valence-corrected chi connectivity index (χ2v) is 4.43. The molecule has 0 aliphatic heterocycles. The molecule has 0 heterocycles. The molecule has 0 radical (unpaired) electrons. The number of benzene rings is 1. The second kappa shape index (κ2) is 4.96. The van der Waals surface area contributed by atoms with Gasteiger partial charge < -0.3 is 5.11 Å². The van der Waals surface area contributed by atoms with Crippen LogP contribution in [0.2, 0.25) is 0 Å². The normalized spacial score (nSPS) is 10.5. The molecule has 0 fully saturated rings. The van der Waals surface area contributed by atoms with Crippen LogP contribution in [0.5, 0.6) is 0 Å². The molecule has 1 N–H and O–H groups in total. The van der Waals surface area contributed by atoms with Gasteiger partial charge in [0.15, 0.2) is 5.78 Å². The molecule has 16 heavy (non-hydrogen) atoms. The summed E-state index contributed by atoms with van der Waals surface area (Å²) in [5, 5.41) is 9.04. The Kier molecular flexibility index (Phi) is 3.87. The number of rotatable bonds is 2. The number of aliphatic hydroxyl groups is 1. The first-order chi connectivity index (χ1) is 7.44. The van der Waals surface area contributed by atoms with E-state index in [4.69, 9.17) is 5.11 Å². The van der Waals surface area contributed by atoms with E-state index < -0.39 is 0 Å². The SMILES string of the molecule is CC(=O)c1ccc(C#CC(C)(C)CO)cc1. The lowest BCUT2D eigenvalue weighted by atomic mass is 9.95. The fourth-order valence-corrected chi connectivity index (χ4v) is 1.07. The van der Waals surface area contributed by atoms with Crippen molar-refractivity contribution in [1.82, 2.24) is 0 Å². The summed E-state index contributed by atoms with van der Waals surface area (Å²) in [6.45, 7) is 5.33. The monoisotopic (exact) mass is 216 g/mol. The Bertz CT molecular complexity index is 430. The summed E-state index contributed by atoms with van der Waals surface area (Å²) in [5.41, 5.74) is 1.15. The summed E-state index contributed by atoms with van der Waals surface area (Å²) in [5.74, 6) is 6.02. The number of Topliss-reactive ketones (excluding diaryl/α,β-unsaturated/α-hetero) is 1. The Balaban J connectivity index is 2.88. The first kappa shape index (κ1) is 12.5. The van der Waals surface area contributed by atoms with Crippen molar-refractivity contribution in [3.8, 4) is 11.8 Å². The van der Waals surface area contributed by atoms with Crippen LogP contribution in [0.1, 0.15) is 36.7 Å². The Morgan fingerprint density at radius 2 is 1.88 bits per heavy atom. The highest BCUT2D eigenvalue weighted by molar-refractivity contribution is 5.94. The molecule has 2 heteroatoms. The summed E-state index contributed by atoms with van der Waals surface area (Å²) in [7, 11) is 0. The second-order valence-electron chi connectivity index (χ2n) is 4.43. The summed E-state index contributed by atoms with van der Waals surface area (Å²) >= 11 is 0. The number of carbonyl (C=O) groups excluding carboxylic acids is 1. The number of carbonyl (C=O) groups is 1. The highest BCUT2D eigenvalue weighted by Crippen LogP contribution is 2.12. The molecular weight excluding hydrogens is 200 g/mol. The van der Waals surface area contributed by atoms with Gasteiger partial charge >= 0.3 is 0 Å². The largest absolute Gasteiger partial charge is 0.395 e. The number of hydrogen-bond donors (Lipinski definition) is 1. The Morgan fingerprint density at radius 1 is 1.31 bits per heavy atom. The number of hydrogen-bond acceptors (Lipinski definition) is 2.